The number of halogens is 5. The minimum atomic E-state index is -4.79. The Hall–Kier alpha value is -3.31. The summed E-state index contributed by atoms with van der Waals surface area (Å²) in [5.41, 5.74) is 0.863. The van der Waals surface area contributed by atoms with Gasteiger partial charge in [0.25, 0.3) is 0 Å². The molecule has 1 aromatic carbocycles. The number of hydrogen-bond acceptors (Lipinski definition) is 6. The summed E-state index contributed by atoms with van der Waals surface area (Å²) in [4.78, 5) is 7.53. The quantitative estimate of drug-likeness (QED) is 0.436. The van der Waals surface area contributed by atoms with Crippen LogP contribution < -0.4 is 9.46 Å². The highest BCUT2D eigenvalue weighted by Gasteiger charge is 2.39. The van der Waals surface area contributed by atoms with Gasteiger partial charge in [-0.25, -0.2) is 18.4 Å². The maximum Gasteiger partial charge on any atom is 0.404 e. The fraction of sp³-hybridized carbons (Fsp3) is 0.409. The SMILES string of the molecule is CC(NS(=O)(=O)c1cnc(-c2c(C#N)c3ccc(OC(F)F)cc3n2C2CCCC2)nc1)C(F)(F)F. The molecule has 0 saturated heterocycles. The normalized spacial score (nSPS) is 15.9. The molecule has 1 aliphatic carbocycles. The van der Waals surface area contributed by atoms with E-state index >= 15 is 0 Å². The average Bonchev–Trinajstić information content (AvgIpc) is 3.43. The van der Waals surface area contributed by atoms with Crippen molar-refractivity contribution in [1.82, 2.24) is 19.3 Å². The zero-order valence-corrected chi connectivity index (χ0v) is 19.6. The Balaban J connectivity index is 1.82. The van der Waals surface area contributed by atoms with Gasteiger partial charge in [-0.2, -0.15) is 31.9 Å². The van der Waals surface area contributed by atoms with Crippen molar-refractivity contribution in [2.75, 3.05) is 0 Å². The predicted molar refractivity (Wildman–Crippen MR) is 118 cm³/mol. The van der Waals surface area contributed by atoms with Gasteiger partial charge in [0.05, 0.1) is 23.5 Å². The number of nitrogens with one attached hydrogen (secondary N) is 1. The molecule has 2 aromatic heterocycles. The Bertz CT molecular complexity index is 1410. The van der Waals surface area contributed by atoms with Crippen molar-refractivity contribution in [2.45, 2.75) is 62.4 Å². The van der Waals surface area contributed by atoms with E-state index in [0.717, 1.165) is 38.1 Å². The first kappa shape index (κ1) is 25.8. The molecule has 1 fully saturated rings. The van der Waals surface area contributed by atoms with E-state index in [4.69, 9.17) is 0 Å². The number of nitrogens with zero attached hydrogens (tertiary/aromatic N) is 4. The fourth-order valence-corrected chi connectivity index (χ4v) is 5.40. The standard InChI is InChI=1S/C22H20F5N5O3S/c1-12(22(25,26)27)31-36(33,34)15-10-29-20(30-11-15)19-17(9-28)16-7-6-14(35-21(23)24)8-18(16)32(19)13-4-2-3-5-13/h6-8,10-13,21,31H,2-5H2,1H3. The number of rotatable bonds is 7. The van der Waals surface area contributed by atoms with Crippen LogP contribution in [-0.4, -0.2) is 41.8 Å². The molecule has 1 N–H and O–H groups in total. The number of benzene rings is 1. The molecule has 4 rings (SSSR count). The van der Waals surface area contributed by atoms with Crippen molar-refractivity contribution in [1.29, 1.82) is 5.26 Å². The summed E-state index contributed by atoms with van der Waals surface area (Å²) >= 11 is 0. The van der Waals surface area contributed by atoms with E-state index < -0.39 is 33.7 Å². The second kappa shape index (κ2) is 9.62. The lowest BCUT2D eigenvalue weighted by Crippen LogP contribution is -2.43. The molecule has 36 heavy (non-hydrogen) atoms. The van der Waals surface area contributed by atoms with Crippen LogP contribution >= 0.6 is 0 Å². The van der Waals surface area contributed by atoms with E-state index in [-0.39, 0.29) is 28.9 Å². The third kappa shape index (κ3) is 4.98. The Labute approximate surface area is 202 Å². The van der Waals surface area contributed by atoms with E-state index in [1.54, 1.807) is 4.57 Å². The van der Waals surface area contributed by atoms with Crippen LogP contribution in [0.2, 0.25) is 0 Å². The minimum absolute atomic E-state index is 0.0335. The van der Waals surface area contributed by atoms with E-state index in [1.165, 1.54) is 22.9 Å². The Morgan fingerprint density at radius 1 is 1.19 bits per heavy atom. The lowest BCUT2D eigenvalue weighted by atomic mass is 10.1. The molecule has 192 valence electrons. The van der Waals surface area contributed by atoms with Crippen LogP contribution in [0.3, 0.4) is 0 Å². The number of fused-ring (bicyclic) bond motifs is 1. The lowest BCUT2D eigenvalue weighted by Gasteiger charge is -2.18. The molecular formula is C22H20F5N5O3S. The first-order chi connectivity index (χ1) is 16.9. The van der Waals surface area contributed by atoms with Crippen molar-refractivity contribution in [3.05, 3.63) is 36.2 Å². The Kier molecular flexibility index (Phi) is 6.89. The van der Waals surface area contributed by atoms with Crippen molar-refractivity contribution in [2.24, 2.45) is 0 Å². The topological polar surface area (TPSA) is 110 Å². The summed E-state index contributed by atoms with van der Waals surface area (Å²) in [6.45, 7) is -2.38. The molecule has 8 nitrogen and oxygen atoms in total. The van der Waals surface area contributed by atoms with Crippen molar-refractivity contribution >= 4 is 20.9 Å². The van der Waals surface area contributed by atoms with Gasteiger partial charge in [-0.15, -0.1) is 0 Å². The summed E-state index contributed by atoms with van der Waals surface area (Å²) in [7, 11) is -4.58. The molecule has 0 radical (unpaired) electrons. The molecule has 0 spiro atoms. The van der Waals surface area contributed by atoms with E-state index in [2.05, 4.69) is 20.8 Å². The Morgan fingerprint density at radius 3 is 2.39 bits per heavy atom. The third-order valence-corrected chi connectivity index (χ3v) is 7.47. The largest absolute Gasteiger partial charge is 0.435 e. The Morgan fingerprint density at radius 2 is 1.83 bits per heavy atom. The number of hydrogen-bond donors (Lipinski definition) is 1. The monoisotopic (exact) mass is 529 g/mol. The summed E-state index contributed by atoms with van der Waals surface area (Å²) in [6, 6.07) is 3.82. The van der Waals surface area contributed by atoms with Gasteiger partial charge in [-0.05, 0) is 31.9 Å². The lowest BCUT2D eigenvalue weighted by molar-refractivity contribution is -0.147. The van der Waals surface area contributed by atoms with E-state index in [0.29, 0.717) is 17.8 Å². The smallest absolute Gasteiger partial charge is 0.404 e. The number of ether oxygens (including phenoxy) is 1. The first-order valence-electron chi connectivity index (χ1n) is 10.9. The second-order valence-corrected chi connectivity index (χ2v) is 10.0. The molecule has 2 heterocycles. The zero-order chi connectivity index (χ0) is 26.3. The number of aromatic nitrogens is 3. The molecule has 0 bridgehead atoms. The van der Waals surface area contributed by atoms with Crippen LogP contribution in [-0.2, 0) is 10.0 Å². The van der Waals surface area contributed by atoms with Gasteiger partial charge in [0.1, 0.15) is 28.4 Å². The maximum atomic E-state index is 12.8. The van der Waals surface area contributed by atoms with Gasteiger partial charge >= 0.3 is 12.8 Å². The van der Waals surface area contributed by atoms with Gasteiger partial charge in [0.2, 0.25) is 10.0 Å². The van der Waals surface area contributed by atoms with Crippen LogP contribution in [0.15, 0.2) is 35.5 Å². The molecule has 1 saturated carbocycles. The highest BCUT2D eigenvalue weighted by molar-refractivity contribution is 7.89. The van der Waals surface area contributed by atoms with E-state index in [9.17, 15) is 35.6 Å². The summed E-state index contributed by atoms with van der Waals surface area (Å²) < 4.78 is 96.6. The molecule has 3 aromatic rings. The van der Waals surface area contributed by atoms with Crippen molar-refractivity contribution in [3.63, 3.8) is 0 Å². The molecule has 14 heteroatoms. The summed E-state index contributed by atoms with van der Waals surface area (Å²) in [5.74, 6) is -0.133. The predicted octanol–water partition coefficient (Wildman–Crippen LogP) is 4.92. The van der Waals surface area contributed by atoms with Crippen molar-refractivity contribution in [3.8, 4) is 23.3 Å². The van der Waals surface area contributed by atoms with Gasteiger partial charge < -0.3 is 9.30 Å². The highest BCUT2D eigenvalue weighted by Crippen LogP contribution is 2.41. The number of nitriles is 1. The number of alkyl halides is 5. The second-order valence-electron chi connectivity index (χ2n) is 8.33. The summed E-state index contributed by atoms with van der Waals surface area (Å²) in [5, 5.41) is 10.4. The highest BCUT2D eigenvalue weighted by atomic mass is 32.2. The molecule has 1 unspecified atom stereocenters. The zero-order valence-electron chi connectivity index (χ0n) is 18.8. The van der Waals surface area contributed by atoms with Gasteiger partial charge in [-0.1, -0.05) is 12.8 Å². The molecule has 1 aliphatic rings. The van der Waals surface area contributed by atoms with Crippen LogP contribution in [0.25, 0.3) is 22.4 Å². The van der Waals surface area contributed by atoms with Crippen LogP contribution in [0.4, 0.5) is 22.0 Å². The minimum Gasteiger partial charge on any atom is -0.435 e. The van der Waals surface area contributed by atoms with Crippen LogP contribution in [0.1, 0.15) is 44.2 Å². The van der Waals surface area contributed by atoms with Crippen LogP contribution in [0, 0.1) is 11.3 Å². The van der Waals surface area contributed by atoms with Crippen molar-refractivity contribution < 1.29 is 35.1 Å². The van der Waals surface area contributed by atoms with Gasteiger partial charge in [0.15, 0.2) is 5.82 Å². The molecule has 0 amide bonds. The average molecular weight is 529 g/mol. The van der Waals surface area contributed by atoms with Gasteiger partial charge in [-0.3, -0.25) is 0 Å². The van der Waals surface area contributed by atoms with Crippen LogP contribution in [0.5, 0.6) is 5.75 Å². The number of sulfonamides is 1. The van der Waals surface area contributed by atoms with Gasteiger partial charge in [0, 0.05) is 17.5 Å². The maximum absolute atomic E-state index is 12.8. The summed E-state index contributed by atoms with van der Waals surface area (Å²) in [6.07, 6.45) is 0.221. The molecule has 0 aliphatic heterocycles. The van der Waals surface area contributed by atoms with E-state index in [1.807, 2.05) is 0 Å². The third-order valence-electron chi connectivity index (χ3n) is 5.98. The fourth-order valence-electron chi connectivity index (χ4n) is 4.29. The first-order valence-corrected chi connectivity index (χ1v) is 12.3. The molecule has 1 atom stereocenters. The molecular weight excluding hydrogens is 509 g/mol.